The van der Waals surface area contributed by atoms with E-state index >= 15 is 0 Å². The summed E-state index contributed by atoms with van der Waals surface area (Å²) in [5, 5.41) is 12.5. The van der Waals surface area contributed by atoms with Crippen LogP contribution < -0.4 is 5.32 Å². The topological polar surface area (TPSA) is 41.5 Å². The predicted molar refractivity (Wildman–Crippen MR) is 49.7 cm³/mol. The van der Waals surface area contributed by atoms with Gasteiger partial charge in [-0.3, -0.25) is 0 Å². The van der Waals surface area contributed by atoms with Crippen LogP contribution in [0.1, 0.15) is 11.6 Å². The Morgan fingerprint density at radius 2 is 2.08 bits per heavy atom. The van der Waals surface area contributed by atoms with E-state index in [1.54, 1.807) is 12.1 Å². The number of benzene rings is 1. The maximum atomic E-state index is 9.10. The minimum absolute atomic E-state index is 0.273. The smallest absolute Gasteiger partial charge is 0.115 e. The second-order valence-corrected chi connectivity index (χ2v) is 3.17. The SMILES string of the molecule is Oc1ccc([C@H]2COCCN2)cc1. The normalized spacial score (nSPS) is 22.9. The first-order valence-electron chi connectivity index (χ1n) is 4.46. The van der Waals surface area contributed by atoms with Crippen molar-refractivity contribution >= 4 is 0 Å². The van der Waals surface area contributed by atoms with E-state index < -0.39 is 0 Å². The first-order valence-corrected chi connectivity index (χ1v) is 4.46. The van der Waals surface area contributed by atoms with Gasteiger partial charge in [0.15, 0.2) is 0 Å². The third-order valence-electron chi connectivity index (χ3n) is 2.22. The van der Waals surface area contributed by atoms with E-state index in [1.165, 1.54) is 0 Å². The Bertz CT molecular complexity index is 265. The van der Waals surface area contributed by atoms with Crippen molar-refractivity contribution in [3.63, 3.8) is 0 Å². The third-order valence-corrected chi connectivity index (χ3v) is 2.22. The number of hydrogen-bond acceptors (Lipinski definition) is 3. The molecule has 1 aliphatic rings. The lowest BCUT2D eigenvalue weighted by Gasteiger charge is -2.24. The number of phenols is 1. The maximum Gasteiger partial charge on any atom is 0.115 e. The zero-order valence-electron chi connectivity index (χ0n) is 7.36. The van der Waals surface area contributed by atoms with Gasteiger partial charge in [-0.2, -0.15) is 0 Å². The highest BCUT2D eigenvalue weighted by molar-refractivity contribution is 5.28. The van der Waals surface area contributed by atoms with Crippen molar-refractivity contribution < 1.29 is 9.84 Å². The summed E-state index contributed by atoms with van der Waals surface area (Å²) in [4.78, 5) is 0. The Morgan fingerprint density at radius 3 is 2.69 bits per heavy atom. The molecule has 2 N–H and O–H groups in total. The van der Waals surface area contributed by atoms with Gasteiger partial charge in [0.25, 0.3) is 0 Å². The average molecular weight is 179 g/mol. The standard InChI is InChI=1S/C10H13NO2/c12-9-3-1-8(2-4-9)10-7-13-6-5-11-10/h1-4,10-12H,5-7H2/t10-/m1/s1. The van der Waals surface area contributed by atoms with Crippen molar-refractivity contribution in [2.24, 2.45) is 0 Å². The quantitative estimate of drug-likeness (QED) is 0.677. The zero-order valence-corrected chi connectivity index (χ0v) is 7.36. The number of hydrogen-bond donors (Lipinski definition) is 2. The number of aromatic hydroxyl groups is 1. The van der Waals surface area contributed by atoms with E-state index in [4.69, 9.17) is 9.84 Å². The third kappa shape index (κ3) is 1.99. The lowest BCUT2D eigenvalue weighted by molar-refractivity contribution is 0.0768. The molecule has 2 rings (SSSR count). The second-order valence-electron chi connectivity index (χ2n) is 3.17. The van der Waals surface area contributed by atoms with E-state index in [-0.39, 0.29) is 6.04 Å². The highest BCUT2D eigenvalue weighted by Gasteiger charge is 2.14. The van der Waals surface area contributed by atoms with Crippen molar-refractivity contribution in [2.45, 2.75) is 6.04 Å². The van der Waals surface area contributed by atoms with Gasteiger partial charge in [-0.25, -0.2) is 0 Å². The minimum Gasteiger partial charge on any atom is -0.508 e. The number of ether oxygens (including phenoxy) is 1. The highest BCUT2D eigenvalue weighted by atomic mass is 16.5. The van der Waals surface area contributed by atoms with Crippen LogP contribution in [0.2, 0.25) is 0 Å². The summed E-state index contributed by atoms with van der Waals surface area (Å²) in [5.41, 5.74) is 1.16. The van der Waals surface area contributed by atoms with Crippen LogP contribution in [0.5, 0.6) is 5.75 Å². The number of phenolic OH excluding ortho intramolecular Hbond substituents is 1. The lowest BCUT2D eigenvalue weighted by Crippen LogP contribution is -2.34. The van der Waals surface area contributed by atoms with Gasteiger partial charge in [0.1, 0.15) is 5.75 Å². The molecule has 70 valence electrons. The van der Waals surface area contributed by atoms with Crippen molar-refractivity contribution in [3.05, 3.63) is 29.8 Å². The van der Waals surface area contributed by atoms with Gasteiger partial charge in [-0.15, -0.1) is 0 Å². The van der Waals surface area contributed by atoms with Crippen LogP contribution in [-0.4, -0.2) is 24.9 Å². The van der Waals surface area contributed by atoms with Crippen LogP contribution in [0.4, 0.5) is 0 Å². The van der Waals surface area contributed by atoms with Crippen LogP contribution in [0.25, 0.3) is 0 Å². The molecule has 0 spiro atoms. The summed E-state index contributed by atoms with van der Waals surface area (Å²) in [5.74, 6) is 0.306. The van der Waals surface area contributed by atoms with Gasteiger partial charge in [-0.1, -0.05) is 12.1 Å². The van der Waals surface area contributed by atoms with Gasteiger partial charge in [0.05, 0.1) is 19.3 Å². The van der Waals surface area contributed by atoms with Gasteiger partial charge in [0.2, 0.25) is 0 Å². The molecule has 0 bridgehead atoms. The van der Waals surface area contributed by atoms with Gasteiger partial charge >= 0.3 is 0 Å². The minimum atomic E-state index is 0.273. The summed E-state index contributed by atoms with van der Waals surface area (Å²) >= 11 is 0. The van der Waals surface area contributed by atoms with E-state index in [2.05, 4.69) is 5.32 Å². The first-order chi connectivity index (χ1) is 6.36. The molecule has 0 unspecified atom stereocenters. The maximum absolute atomic E-state index is 9.10. The fraction of sp³-hybridized carbons (Fsp3) is 0.400. The number of morpholine rings is 1. The second kappa shape index (κ2) is 3.77. The highest BCUT2D eigenvalue weighted by Crippen LogP contribution is 2.18. The van der Waals surface area contributed by atoms with Crippen LogP contribution in [0, 0.1) is 0 Å². The molecule has 0 aromatic heterocycles. The summed E-state index contributed by atoms with van der Waals surface area (Å²) < 4.78 is 5.34. The molecular formula is C10H13NO2. The van der Waals surface area contributed by atoms with Crippen LogP contribution in [-0.2, 0) is 4.74 Å². The van der Waals surface area contributed by atoms with Crippen LogP contribution in [0.3, 0.4) is 0 Å². The van der Waals surface area contributed by atoms with Crippen molar-refractivity contribution in [2.75, 3.05) is 19.8 Å². The predicted octanol–water partition coefficient (Wildman–Crippen LogP) is 1.05. The van der Waals surface area contributed by atoms with E-state index in [0.717, 1.165) is 18.7 Å². The van der Waals surface area contributed by atoms with Crippen LogP contribution in [0.15, 0.2) is 24.3 Å². The molecule has 0 saturated carbocycles. The Labute approximate surface area is 77.3 Å². The van der Waals surface area contributed by atoms with E-state index in [1.807, 2.05) is 12.1 Å². The molecule has 1 aromatic rings. The molecule has 3 nitrogen and oxygen atoms in total. The molecule has 1 aromatic carbocycles. The van der Waals surface area contributed by atoms with Gasteiger partial charge < -0.3 is 15.2 Å². The van der Waals surface area contributed by atoms with Crippen molar-refractivity contribution in [3.8, 4) is 5.75 Å². The largest absolute Gasteiger partial charge is 0.508 e. The molecule has 0 aliphatic carbocycles. The fourth-order valence-corrected chi connectivity index (χ4v) is 1.49. The molecule has 0 amide bonds. The molecule has 1 fully saturated rings. The Kier molecular flexibility index (Phi) is 2.47. The molecule has 3 heteroatoms. The lowest BCUT2D eigenvalue weighted by atomic mass is 10.1. The summed E-state index contributed by atoms with van der Waals surface area (Å²) in [6.07, 6.45) is 0. The number of rotatable bonds is 1. The monoisotopic (exact) mass is 179 g/mol. The molecule has 13 heavy (non-hydrogen) atoms. The Balaban J connectivity index is 2.10. The Morgan fingerprint density at radius 1 is 1.31 bits per heavy atom. The molecule has 1 atom stereocenters. The molecule has 0 radical (unpaired) electrons. The van der Waals surface area contributed by atoms with E-state index in [0.29, 0.717) is 12.4 Å². The summed E-state index contributed by atoms with van der Waals surface area (Å²) in [6.45, 7) is 2.39. The van der Waals surface area contributed by atoms with Crippen LogP contribution >= 0.6 is 0 Å². The average Bonchev–Trinajstić information content (AvgIpc) is 2.20. The van der Waals surface area contributed by atoms with E-state index in [9.17, 15) is 0 Å². The summed E-state index contributed by atoms with van der Waals surface area (Å²) in [7, 11) is 0. The zero-order chi connectivity index (χ0) is 9.10. The Hall–Kier alpha value is -1.06. The van der Waals surface area contributed by atoms with Crippen molar-refractivity contribution in [1.82, 2.24) is 5.32 Å². The number of nitrogens with one attached hydrogen (secondary N) is 1. The molecular weight excluding hydrogens is 166 g/mol. The fourth-order valence-electron chi connectivity index (χ4n) is 1.49. The first kappa shape index (κ1) is 8.53. The van der Waals surface area contributed by atoms with Crippen molar-refractivity contribution in [1.29, 1.82) is 0 Å². The van der Waals surface area contributed by atoms with Gasteiger partial charge in [0, 0.05) is 6.54 Å². The molecule has 1 heterocycles. The van der Waals surface area contributed by atoms with Gasteiger partial charge in [-0.05, 0) is 17.7 Å². The molecule has 1 saturated heterocycles. The molecule has 1 aliphatic heterocycles. The summed E-state index contributed by atoms with van der Waals surface area (Å²) in [6, 6.07) is 7.51.